The molecule has 0 bridgehead atoms. The summed E-state index contributed by atoms with van der Waals surface area (Å²) in [5.41, 5.74) is -0.684. The number of hydrogen-bond acceptors (Lipinski definition) is 2. The zero-order valence-electron chi connectivity index (χ0n) is 11.3. The van der Waals surface area contributed by atoms with Crippen molar-refractivity contribution < 1.29 is 17.7 Å². The predicted molar refractivity (Wildman–Crippen MR) is 65.3 cm³/mol. The minimum absolute atomic E-state index is 0.0951. The molecule has 17 heavy (non-hydrogen) atoms. The minimum Gasteiger partial charge on any atom is -0.469 e. The molecule has 0 heterocycles. The lowest BCUT2D eigenvalue weighted by Crippen LogP contribution is -2.49. The van der Waals surface area contributed by atoms with E-state index >= 15 is 0 Å². The third-order valence-electron chi connectivity index (χ3n) is 4.16. The molecule has 1 saturated carbocycles. The van der Waals surface area contributed by atoms with Crippen LogP contribution in [0.2, 0.25) is 11.1 Å². The Morgan fingerprint density at radius 3 is 2.29 bits per heavy atom. The molecule has 0 spiro atoms. The van der Waals surface area contributed by atoms with E-state index in [4.69, 9.17) is 4.74 Å². The van der Waals surface area contributed by atoms with Gasteiger partial charge in [-0.1, -0.05) is 20.8 Å². The summed E-state index contributed by atoms with van der Waals surface area (Å²) < 4.78 is 32.9. The Morgan fingerprint density at radius 1 is 1.47 bits per heavy atom. The summed E-state index contributed by atoms with van der Waals surface area (Å²) in [7, 11) is -2.97. The Bertz CT molecular complexity index is 312. The molecule has 1 rings (SSSR count). The van der Waals surface area contributed by atoms with Crippen LogP contribution in [-0.4, -0.2) is 21.8 Å². The van der Waals surface area contributed by atoms with Crippen molar-refractivity contribution in [3.8, 4) is 0 Å². The van der Waals surface area contributed by atoms with Gasteiger partial charge in [0.2, 0.25) is 0 Å². The molecular formula is C12H22F2O2Si. The van der Waals surface area contributed by atoms with Crippen LogP contribution in [0.15, 0.2) is 0 Å². The van der Waals surface area contributed by atoms with E-state index in [-0.39, 0.29) is 17.9 Å². The molecule has 2 unspecified atom stereocenters. The fraction of sp³-hybridized carbons (Fsp3) is 0.917. The van der Waals surface area contributed by atoms with Crippen LogP contribution < -0.4 is 0 Å². The number of carbonyl (C=O) groups is 1. The van der Waals surface area contributed by atoms with Gasteiger partial charge in [-0.25, -0.2) is 0 Å². The average molecular weight is 264 g/mol. The maximum atomic E-state index is 14.1. The van der Waals surface area contributed by atoms with Crippen LogP contribution in [0.5, 0.6) is 0 Å². The Morgan fingerprint density at radius 2 is 2.00 bits per heavy atom. The highest BCUT2D eigenvalue weighted by molar-refractivity contribution is 6.69. The van der Waals surface area contributed by atoms with Crippen LogP contribution in [0.4, 0.5) is 8.22 Å². The second-order valence-corrected chi connectivity index (χ2v) is 9.62. The molecule has 0 saturated heterocycles. The van der Waals surface area contributed by atoms with Crippen molar-refractivity contribution in [2.75, 3.05) is 7.11 Å². The lowest BCUT2D eigenvalue weighted by atomic mass is 9.62. The summed E-state index contributed by atoms with van der Waals surface area (Å²) >= 11 is 0. The zero-order valence-corrected chi connectivity index (χ0v) is 12.3. The second kappa shape index (κ2) is 4.34. The smallest absolute Gasteiger partial charge is 0.430 e. The molecule has 0 N–H and O–H groups in total. The molecule has 0 aromatic rings. The first-order chi connectivity index (χ1) is 7.54. The zero-order chi connectivity index (χ0) is 13.5. The van der Waals surface area contributed by atoms with Crippen molar-refractivity contribution in [3.05, 3.63) is 0 Å². The van der Waals surface area contributed by atoms with Crippen molar-refractivity contribution in [2.24, 2.45) is 11.3 Å². The standard InChI is InChI=1S/C12H22F2O2Si/c1-11(2,3)17(13,14)8-9-6-7-12(9,4)10(15)16-5/h9H,6-8H2,1-5H3. The summed E-state index contributed by atoms with van der Waals surface area (Å²) in [6, 6.07) is -0.0951. The number of carbonyl (C=O) groups excluding carboxylic acids is 1. The summed E-state index contributed by atoms with van der Waals surface area (Å²) in [4.78, 5) is 11.6. The number of hydrogen-bond donors (Lipinski definition) is 0. The van der Waals surface area contributed by atoms with E-state index in [1.807, 2.05) is 0 Å². The molecule has 5 heteroatoms. The molecule has 0 amide bonds. The number of methoxy groups -OCH3 is 1. The quantitative estimate of drug-likeness (QED) is 0.441. The van der Waals surface area contributed by atoms with Gasteiger partial charge in [-0.05, 0) is 25.7 Å². The third-order valence-corrected chi connectivity index (χ3v) is 7.37. The largest absolute Gasteiger partial charge is 0.469 e. The number of halogens is 2. The minimum atomic E-state index is -4.29. The third kappa shape index (κ3) is 2.54. The van der Waals surface area contributed by atoms with E-state index in [9.17, 15) is 13.0 Å². The Hall–Kier alpha value is -0.453. The van der Waals surface area contributed by atoms with Crippen LogP contribution in [0.3, 0.4) is 0 Å². The predicted octanol–water partition coefficient (Wildman–Crippen LogP) is 3.76. The average Bonchev–Trinajstić information content (AvgIpc) is 2.20. The van der Waals surface area contributed by atoms with E-state index in [1.54, 1.807) is 27.7 Å². The lowest BCUT2D eigenvalue weighted by molar-refractivity contribution is -0.162. The van der Waals surface area contributed by atoms with Gasteiger partial charge in [0.1, 0.15) is 0 Å². The fourth-order valence-electron chi connectivity index (χ4n) is 2.23. The molecular weight excluding hydrogens is 242 g/mol. The highest BCUT2D eigenvalue weighted by atomic mass is 28.4. The second-order valence-electron chi connectivity index (χ2n) is 6.30. The lowest BCUT2D eigenvalue weighted by Gasteiger charge is -2.46. The van der Waals surface area contributed by atoms with Gasteiger partial charge in [0.15, 0.2) is 0 Å². The van der Waals surface area contributed by atoms with Gasteiger partial charge >= 0.3 is 14.7 Å². The van der Waals surface area contributed by atoms with Gasteiger partial charge < -0.3 is 4.74 Å². The van der Waals surface area contributed by atoms with Gasteiger partial charge in [-0.15, -0.1) is 0 Å². The van der Waals surface area contributed by atoms with Crippen molar-refractivity contribution in [3.63, 3.8) is 0 Å². The molecule has 1 aliphatic carbocycles. The SMILES string of the molecule is COC(=O)C1(C)CCC1C[Si](F)(F)C(C)(C)C. The van der Waals surface area contributed by atoms with Crippen LogP contribution in [0, 0.1) is 11.3 Å². The maximum absolute atomic E-state index is 14.1. The number of esters is 1. The molecule has 2 atom stereocenters. The van der Waals surface area contributed by atoms with E-state index in [1.165, 1.54) is 7.11 Å². The van der Waals surface area contributed by atoms with Crippen molar-refractivity contribution in [2.45, 2.75) is 51.6 Å². The summed E-state index contributed by atoms with van der Waals surface area (Å²) in [5.74, 6) is -0.552. The van der Waals surface area contributed by atoms with Crippen LogP contribution in [-0.2, 0) is 9.53 Å². The van der Waals surface area contributed by atoms with Crippen LogP contribution in [0.1, 0.15) is 40.5 Å². The van der Waals surface area contributed by atoms with E-state index < -0.39 is 19.2 Å². The molecule has 1 fully saturated rings. The molecule has 0 aliphatic heterocycles. The van der Waals surface area contributed by atoms with Crippen molar-refractivity contribution in [1.82, 2.24) is 0 Å². The molecule has 1 aliphatic rings. The monoisotopic (exact) mass is 264 g/mol. The Labute approximate surface area is 103 Å². The molecule has 100 valence electrons. The summed E-state index contributed by atoms with van der Waals surface area (Å²) in [6.45, 7) is 6.52. The number of ether oxygens (including phenoxy) is 1. The molecule has 0 aromatic carbocycles. The Kier molecular flexibility index (Phi) is 3.73. The van der Waals surface area contributed by atoms with Crippen molar-refractivity contribution >= 4 is 14.7 Å². The Balaban J connectivity index is 2.75. The van der Waals surface area contributed by atoms with E-state index in [2.05, 4.69) is 0 Å². The van der Waals surface area contributed by atoms with E-state index in [0.717, 1.165) is 0 Å². The van der Waals surface area contributed by atoms with Gasteiger partial charge in [-0.3, -0.25) is 13.0 Å². The summed E-state index contributed by atoms with van der Waals surface area (Å²) in [6.07, 6.45) is 1.38. The van der Waals surface area contributed by atoms with Crippen LogP contribution >= 0.6 is 0 Å². The van der Waals surface area contributed by atoms with Gasteiger partial charge in [0.25, 0.3) is 0 Å². The highest BCUT2D eigenvalue weighted by Crippen LogP contribution is 2.54. The van der Waals surface area contributed by atoms with Gasteiger partial charge in [0, 0.05) is 11.1 Å². The molecule has 0 radical (unpaired) electrons. The van der Waals surface area contributed by atoms with E-state index in [0.29, 0.717) is 12.8 Å². The maximum Gasteiger partial charge on any atom is 0.430 e. The van der Waals surface area contributed by atoms with Crippen LogP contribution in [0.25, 0.3) is 0 Å². The molecule has 0 aromatic heterocycles. The first kappa shape index (κ1) is 14.6. The van der Waals surface area contributed by atoms with Gasteiger partial charge in [-0.2, -0.15) is 0 Å². The van der Waals surface area contributed by atoms with Crippen molar-refractivity contribution in [1.29, 1.82) is 0 Å². The first-order valence-corrected chi connectivity index (χ1v) is 7.97. The first-order valence-electron chi connectivity index (χ1n) is 6.01. The fourth-order valence-corrected chi connectivity index (χ4v) is 4.11. The summed E-state index contributed by atoms with van der Waals surface area (Å²) in [5, 5.41) is -0.931. The number of rotatable bonds is 3. The van der Waals surface area contributed by atoms with Gasteiger partial charge in [0.05, 0.1) is 12.5 Å². The topological polar surface area (TPSA) is 26.3 Å². The molecule has 2 nitrogen and oxygen atoms in total. The normalized spacial score (nSPS) is 29.7. The highest BCUT2D eigenvalue weighted by Gasteiger charge is 2.57.